The van der Waals surface area contributed by atoms with Crippen molar-refractivity contribution in [1.82, 2.24) is 0 Å². The second kappa shape index (κ2) is 1.03. The first-order valence-corrected chi connectivity index (χ1v) is 2.75. The highest BCUT2D eigenvalue weighted by Crippen LogP contribution is 2.51. The van der Waals surface area contributed by atoms with Crippen molar-refractivity contribution in [1.29, 1.82) is 0 Å². The van der Waals surface area contributed by atoms with Crippen molar-refractivity contribution < 1.29 is 5.11 Å². The SMILES string of the molecule is CC1C(O)C1(C)C. The van der Waals surface area contributed by atoms with Gasteiger partial charge in [-0.05, 0) is 11.3 Å². The summed E-state index contributed by atoms with van der Waals surface area (Å²) < 4.78 is 0. The number of hydrogen-bond acceptors (Lipinski definition) is 1. The van der Waals surface area contributed by atoms with Gasteiger partial charge in [0.25, 0.3) is 0 Å². The molecule has 1 fully saturated rings. The standard InChI is InChI=1S/C6H12O/c1-4-5(7)6(4,2)3/h4-5,7H,1-3H3. The monoisotopic (exact) mass is 100 g/mol. The third kappa shape index (κ3) is 0.480. The van der Waals surface area contributed by atoms with Gasteiger partial charge in [-0.3, -0.25) is 0 Å². The van der Waals surface area contributed by atoms with E-state index in [4.69, 9.17) is 5.11 Å². The van der Waals surface area contributed by atoms with E-state index >= 15 is 0 Å². The fraction of sp³-hybridized carbons (Fsp3) is 1.00. The summed E-state index contributed by atoms with van der Waals surface area (Å²) in [4.78, 5) is 0. The van der Waals surface area contributed by atoms with E-state index in [2.05, 4.69) is 20.8 Å². The molecule has 7 heavy (non-hydrogen) atoms. The third-order valence-electron chi connectivity index (χ3n) is 2.30. The Morgan fingerprint density at radius 1 is 1.43 bits per heavy atom. The Bertz CT molecular complexity index is 76.2. The van der Waals surface area contributed by atoms with Gasteiger partial charge in [0.15, 0.2) is 0 Å². The first-order valence-electron chi connectivity index (χ1n) is 2.75. The minimum atomic E-state index is -0.0347. The Morgan fingerprint density at radius 2 is 1.57 bits per heavy atom. The molecular weight excluding hydrogens is 88.1 g/mol. The fourth-order valence-corrected chi connectivity index (χ4v) is 0.863. The molecule has 0 radical (unpaired) electrons. The smallest absolute Gasteiger partial charge is 0.0626 e. The van der Waals surface area contributed by atoms with Crippen LogP contribution in [0.5, 0.6) is 0 Å². The maximum atomic E-state index is 8.96. The summed E-state index contributed by atoms with van der Waals surface area (Å²) in [6.45, 7) is 6.25. The summed E-state index contributed by atoms with van der Waals surface area (Å²) in [5, 5.41) is 8.96. The third-order valence-corrected chi connectivity index (χ3v) is 2.30. The van der Waals surface area contributed by atoms with Gasteiger partial charge >= 0.3 is 0 Å². The lowest BCUT2D eigenvalue weighted by Gasteiger charge is -1.92. The number of aliphatic hydroxyl groups excluding tert-OH is 1. The largest absolute Gasteiger partial charge is 0.392 e. The molecule has 0 heterocycles. The highest BCUT2D eigenvalue weighted by molar-refractivity contribution is 5.02. The van der Waals surface area contributed by atoms with E-state index in [0.717, 1.165) is 0 Å². The summed E-state index contributed by atoms with van der Waals surface area (Å²) in [7, 11) is 0. The molecular formula is C6H12O. The van der Waals surface area contributed by atoms with E-state index in [0.29, 0.717) is 5.92 Å². The maximum absolute atomic E-state index is 8.96. The fourth-order valence-electron chi connectivity index (χ4n) is 0.863. The molecule has 1 heteroatoms. The molecule has 1 aliphatic carbocycles. The van der Waals surface area contributed by atoms with Crippen molar-refractivity contribution >= 4 is 0 Å². The summed E-state index contributed by atoms with van der Waals surface area (Å²) in [5.41, 5.74) is 0.222. The van der Waals surface area contributed by atoms with Crippen LogP contribution in [-0.2, 0) is 0 Å². The van der Waals surface area contributed by atoms with Crippen LogP contribution in [0.25, 0.3) is 0 Å². The van der Waals surface area contributed by atoms with Crippen molar-refractivity contribution in [3.8, 4) is 0 Å². The average molecular weight is 100 g/mol. The van der Waals surface area contributed by atoms with Crippen molar-refractivity contribution in [2.75, 3.05) is 0 Å². The van der Waals surface area contributed by atoms with Gasteiger partial charge in [-0.25, -0.2) is 0 Å². The summed E-state index contributed by atoms with van der Waals surface area (Å²) in [6, 6.07) is 0. The summed E-state index contributed by atoms with van der Waals surface area (Å²) in [5.74, 6) is 0.521. The zero-order valence-corrected chi connectivity index (χ0v) is 5.10. The lowest BCUT2D eigenvalue weighted by molar-refractivity contribution is 0.231. The second-order valence-corrected chi connectivity index (χ2v) is 3.05. The zero-order valence-electron chi connectivity index (χ0n) is 5.10. The van der Waals surface area contributed by atoms with Crippen LogP contribution < -0.4 is 0 Å². The van der Waals surface area contributed by atoms with Gasteiger partial charge in [0.1, 0.15) is 0 Å². The van der Waals surface area contributed by atoms with Crippen LogP contribution in [0, 0.1) is 11.3 Å². The first-order chi connectivity index (χ1) is 3.07. The molecule has 42 valence electrons. The topological polar surface area (TPSA) is 20.2 Å². The molecule has 0 spiro atoms. The summed E-state index contributed by atoms with van der Waals surface area (Å²) >= 11 is 0. The number of aliphatic hydroxyl groups is 1. The second-order valence-electron chi connectivity index (χ2n) is 3.05. The molecule has 2 atom stereocenters. The van der Waals surface area contributed by atoms with Crippen LogP contribution in [0.2, 0.25) is 0 Å². The predicted molar refractivity (Wildman–Crippen MR) is 29.0 cm³/mol. The average Bonchev–Trinajstić information content (AvgIpc) is 1.91. The van der Waals surface area contributed by atoms with E-state index in [1.807, 2.05) is 0 Å². The molecule has 0 aromatic heterocycles. The molecule has 1 saturated carbocycles. The van der Waals surface area contributed by atoms with Gasteiger partial charge in [-0.1, -0.05) is 20.8 Å². The Labute approximate surface area is 44.4 Å². The van der Waals surface area contributed by atoms with Crippen LogP contribution in [0.4, 0.5) is 0 Å². The minimum Gasteiger partial charge on any atom is -0.392 e. The molecule has 1 N–H and O–H groups in total. The van der Waals surface area contributed by atoms with E-state index < -0.39 is 0 Å². The minimum absolute atomic E-state index is 0.0347. The van der Waals surface area contributed by atoms with Crippen LogP contribution in [-0.4, -0.2) is 11.2 Å². The Kier molecular flexibility index (Phi) is 0.747. The Morgan fingerprint density at radius 3 is 1.57 bits per heavy atom. The molecule has 2 unspecified atom stereocenters. The van der Waals surface area contributed by atoms with Gasteiger partial charge in [0.2, 0.25) is 0 Å². The Balaban J connectivity index is 2.52. The molecule has 1 aliphatic rings. The van der Waals surface area contributed by atoms with Gasteiger partial charge < -0.3 is 5.11 Å². The predicted octanol–water partition coefficient (Wildman–Crippen LogP) is 1.02. The molecule has 0 amide bonds. The quantitative estimate of drug-likeness (QED) is 0.482. The van der Waals surface area contributed by atoms with Crippen LogP contribution in [0.15, 0.2) is 0 Å². The van der Waals surface area contributed by atoms with Crippen LogP contribution in [0.1, 0.15) is 20.8 Å². The van der Waals surface area contributed by atoms with Gasteiger partial charge in [-0.2, -0.15) is 0 Å². The molecule has 0 saturated heterocycles. The lowest BCUT2D eigenvalue weighted by atomic mass is 10.1. The Hall–Kier alpha value is -0.0400. The van der Waals surface area contributed by atoms with Crippen molar-refractivity contribution in [3.63, 3.8) is 0 Å². The van der Waals surface area contributed by atoms with Gasteiger partial charge in [-0.15, -0.1) is 0 Å². The molecule has 0 aromatic carbocycles. The van der Waals surface area contributed by atoms with E-state index in [9.17, 15) is 0 Å². The van der Waals surface area contributed by atoms with Crippen molar-refractivity contribution in [2.45, 2.75) is 26.9 Å². The lowest BCUT2D eigenvalue weighted by Crippen LogP contribution is -1.91. The first kappa shape index (κ1) is 5.10. The van der Waals surface area contributed by atoms with E-state index in [-0.39, 0.29) is 11.5 Å². The number of rotatable bonds is 0. The zero-order chi connectivity index (χ0) is 5.65. The molecule has 0 aliphatic heterocycles. The van der Waals surface area contributed by atoms with Crippen molar-refractivity contribution in [3.05, 3.63) is 0 Å². The highest BCUT2D eigenvalue weighted by atomic mass is 16.3. The van der Waals surface area contributed by atoms with E-state index in [1.54, 1.807) is 0 Å². The molecule has 1 nitrogen and oxygen atoms in total. The van der Waals surface area contributed by atoms with Gasteiger partial charge in [0, 0.05) is 0 Å². The van der Waals surface area contributed by atoms with Crippen LogP contribution in [0.3, 0.4) is 0 Å². The normalized spacial score (nSPS) is 46.3. The van der Waals surface area contributed by atoms with E-state index in [1.165, 1.54) is 0 Å². The number of hydrogen-bond donors (Lipinski definition) is 1. The van der Waals surface area contributed by atoms with Crippen LogP contribution >= 0.6 is 0 Å². The van der Waals surface area contributed by atoms with Crippen molar-refractivity contribution in [2.24, 2.45) is 11.3 Å². The highest BCUT2D eigenvalue weighted by Gasteiger charge is 2.53. The van der Waals surface area contributed by atoms with Gasteiger partial charge in [0.05, 0.1) is 6.10 Å². The summed E-state index contributed by atoms with van der Waals surface area (Å²) in [6.07, 6.45) is -0.0347. The maximum Gasteiger partial charge on any atom is 0.0626 e. The molecule has 0 bridgehead atoms. The molecule has 1 rings (SSSR count). The molecule has 0 aromatic rings.